The highest BCUT2D eigenvalue weighted by molar-refractivity contribution is 4.94. The Morgan fingerprint density at radius 2 is 2.05 bits per heavy atom. The summed E-state index contributed by atoms with van der Waals surface area (Å²) < 4.78 is 17.5. The van der Waals surface area contributed by atoms with Crippen LogP contribution in [0.2, 0.25) is 0 Å². The van der Waals surface area contributed by atoms with E-state index in [0.29, 0.717) is 12.1 Å². The van der Waals surface area contributed by atoms with Crippen molar-refractivity contribution in [3.63, 3.8) is 0 Å². The molecule has 21 heavy (non-hydrogen) atoms. The Labute approximate surface area is 128 Å². The molecular formula is C16H30N2O3. The maximum Gasteiger partial charge on any atom is 0.0951 e. The molecule has 0 aromatic carbocycles. The number of ether oxygens (including phenoxy) is 3. The minimum Gasteiger partial charge on any atom is -0.378 e. The molecule has 5 nitrogen and oxygen atoms in total. The molecule has 1 spiro atoms. The third-order valence-corrected chi connectivity index (χ3v) is 5.23. The zero-order valence-corrected chi connectivity index (χ0v) is 13.1. The number of hydrogen-bond acceptors (Lipinski definition) is 5. The molecule has 3 aliphatic rings. The third kappa shape index (κ3) is 3.96. The molecule has 0 radical (unpaired) electrons. The molecule has 3 aliphatic heterocycles. The molecule has 3 saturated heterocycles. The molecule has 0 aliphatic carbocycles. The van der Waals surface area contributed by atoms with E-state index in [2.05, 4.69) is 4.90 Å². The van der Waals surface area contributed by atoms with Crippen molar-refractivity contribution in [1.82, 2.24) is 4.90 Å². The standard InChI is InChI=1S/C16H30N2O3/c17-6-1-9-20-15-2-7-18(8-3-15)14-4-10-21-16(12-14)5-11-19-13-16/h14-15H,1-13,17H2. The maximum absolute atomic E-state index is 6.05. The molecular weight excluding hydrogens is 268 g/mol. The van der Waals surface area contributed by atoms with Crippen molar-refractivity contribution < 1.29 is 14.2 Å². The second-order valence-electron chi connectivity index (χ2n) is 6.73. The van der Waals surface area contributed by atoms with Crippen LogP contribution in [0, 0.1) is 0 Å². The Bertz CT molecular complexity index is 313. The molecule has 3 fully saturated rings. The van der Waals surface area contributed by atoms with Gasteiger partial charge in [0.1, 0.15) is 0 Å². The number of nitrogens with two attached hydrogens (primary N) is 1. The second kappa shape index (κ2) is 7.38. The number of likely N-dealkylation sites (tertiary alicyclic amines) is 1. The maximum atomic E-state index is 6.05. The largest absolute Gasteiger partial charge is 0.378 e. The van der Waals surface area contributed by atoms with Crippen LogP contribution in [0.15, 0.2) is 0 Å². The van der Waals surface area contributed by atoms with Crippen LogP contribution in [0.3, 0.4) is 0 Å². The van der Waals surface area contributed by atoms with E-state index in [1.807, 2.05) is 0 Å². The van der Waals surface area contributed by atoms with Gasteiger partial charge in [-0.25, -0.2) is 0 Å². The lowest BCUT2D eigenvalue weighted by molar-refractivity contribution is -0.112. The van der Waals surface area contributed by atoms with Crippen LogP contribution in [0.25, 0.3) is 0 Å². The Hall–Kier alpha value is -0.200. The van der Waals surface area contributed by atoms with Crippen LogP contribution in [0.4, 0.5) is 0 Å². The van der Waals surface area contributed by atoms with E-state index in [1.165, 1.54) is 6.42 Å². The quantitative estimate of drug-likeness (QED) is 0.772. The predicted octanol–water partition coefficient (Wildman–Crippen LogP) is 1.15. The van der Waals surface area contributed by atoms with Crippen molar-refractivity contribution in [1.29, 1.82) is 0 Å². The monoisotopic (exact) mass is 298 g/mol. The fourth-order valence-electron chi connectivity index (χ4n) is 3.92. The highest BCUT2D eigenvalue weighted by Crippen LogP contribution is 2.35. The lowest BCUT2D eigenvalue weighted by Crippen LogP contribution is -2.51. The molecule has 2 unspecified atom stereocenters. The average Bonchev–Trinajstić information content (AvgIpc) is 2.96. The summed E-state index contributed by atoms with van der Waals surface area (Å²) in [5.74, 6) is 0. The van der Waals surface area contributed by atoms with E-state index >= 15 is 0 Å². The van der Waals surface area contributed by atoms with Crippen molar-refractivity contribution in [2.75, 3.05) is 46.1 Å². The first-order chi connectivity index (χ1) is 10.3. The Morgan fingerprint density at radius 3 is 2.76 bits per heavy atom. The van der Waals surface area contributed by atoms with Crippen molar-refractivity contribution in [3.05, 3.63) is 0 Å². The molecule has 2 atom stereocenters. The van der Waals surface area contributed by atoms with Crippen LogP contribution in [0.1, 0.15) is 38.5 Å². The van der Waals surface area contributed by atoms with E-state index in [0.717, 1.165) is 78.2 Å². The smallest absolute Gasteiger partial charge is 0.0951 e. The summed E-state index contributed by atoms with van der Waals surface area (Å²) >= 11 is 0. The van der Waals surface area contributed by atoms with Crippen LogP contribution in [0.5, 0.6) is 0 Å². The lowest BCUT2D eigenvalue weighted by atomic mass is 9.88. The summed E-state index contributed by atoms with van der Waals surface area (Å²) in [6.45, 7) is 6.42. The molecule has 122 valence electrons. The van der Waals surface area contributed by atoms with Gasteiger partial charge in [0.25, 0.3) is 0 Å². The highest BCUT2D eigenvalue weighted by atomic mass is 16.6. The SMILES string of the molecule is NCCCOC1CCN(C2CCOC3(CCOC3)C2)CC1. The molecule has 2 N–H and O–H groups in total. The van der Waals surface area contributed by atoms with Gasteiger partial charge in [0, 0.05) is 45.4 Å². The van der Waals surface area contributed by atoms with Crippen molar-refractivity contribution in [2.45, 2.75) is 56.3 Å². The Morgan fingerprint density at radius 1 is 1.19 bits per heavy atom. The summed E-state index contributed by atoms with van der Waals surface area (Å²) in [7, 11) is 0. The van der Waals surface area contributed by atoms with E-state index in [4.69, 9.17) is 19.9 Å². The van der Waals surface area contributed by atoms with Gasteiger partial charge in [-0.05, 0) is 38.6 Å². The Kier molecular flexibility index (Phi) is 5.51. The van der Waals surface area contributed by atoms with Gasteiger partial charge in [-0.3, -0.25) is 4.90 Å². The molecule has 0 aromatic rings. The lowest BCUT2D eigenvalue weighted by Gasteiger charge is -2.44. The van der Waals surface area contributed by atoms with Crippen molar-refractivity contribution >= 4 is 0 Å². The van der Waals surface area contributed by atoms with Gasteiger partial charge in [-0.15, -0.1) is 0 Å². The van der Waals surface area contributed by atoms with Gasteiger partial charge in [0.2, 0.25) is 0 Å². The fraction of sp³-hybridized carbons (Fsp3) is 1.00. The third-order valence-electron chi connectivity index (χ3n) is 5.23. The average molecular weight is 298 g/mol. The number of piperidine rings is 1. The van der Waals surface area contributed by atoms with Crippen molar-refractivity contribution in [3.8, 4) is 0 Å². The number of rotatable bonds is 5. The molecule has 0 aromatic heterocycles. The Balaban J connectivity index is 1.43. The van der Waals surface area contributed by atoms with Gasteiger partial charge < -0.3 is 19.9 Å². The van der Waals surface area contributed by atoms with Crippen LogP contribution >= 0.6 is 0 Å². The topological polar surface area (TPSA) is 57.0 Å². The molecule has 3 heterocycles. The van der Waals surface area contributed by atoms with E-state index < -0.39 is 0 Å². The minimum atomic E-state index is 0.0252. The molecule has 0 bridgehead atoms. The molecule has 5 heteroatoms. The molecule has 0 amide bonds. The summed E-state index contributed by atoms with van der Waals surface area (Å²) in [5.41, 5.74) is 5.54. The van der Waals surface area contributed by atoms with E-state index in [9.17, 15) is 0 Å². The zero-order chi connectivity index (χ0) is 14.5. The minimum absolute atomic E-state index is 0.0252. The van der Waals surface area contributed by atoms with Crippen LogP contribution < -0.4 is 5.73 Å². The number of hydrogen-bond donors (Lipinski definition) is 1. The van der Waals surface area contributed by atoms with Crippen molar-refractivity contribution in [2.24, 2.45) is 5.73 Å². The van der Waals surface area contributed by atoms with Crippen LogP contribution in [-0.4, -0.2) is 68.7 Å². The number of nitrogens with zero attached hydrogens (tertiary/aromatic N) is 1. The summed E-state index contributed by atoms with van der Waals surface area (Å²) in [6.07, 6.45) is 7.12. The first-order valence-corrected chi connectivity index (χ1v) is 8.59. The zero-order valence-electron chi connectivity index (χ0n) is 13.1. The van der Waals surface area contributed by atoms with Gasteiger partial charge in [0.15, 0.2) is 0 Å². The molecule has 3 rings (SSSR count). The van der Waals surface area contributed by atoms with Gasteiger partial charge in [-0.2, -0.15) is 0 Å². The summed E-state index contributed by atoms with van der Waals surface area (Å²) in [4.78, 5) is 2.66. The highest BCUT2D eigenvalue weighted by Gasteiger charge is 2.42. The summed E-state index contributed by atoms with van der Waals surface area (Å²) in [5, 5.41) is 0. The van der Waals surface area contributed by atoms with Crippen LogP contribution in [-0.2, 0) is 14.2 Å². The summed E-state index contributed by atoms with van der Waals surface area (Å²) in [6, 6.07) is 0.672. The molecule has 0 saturated carbocycles. The van der Waals surface area contributed by atoms with E-state index in [1.54, 1.807) is 0 Å². The first kappa shape index (κ1) is 15.7. The normalized spacial score (nSPS) is 35.6. The predicted molar refractivity (Wildman–Crippen MR) is 81.4 cm³/mol. The second-order valence-corrected chi connectivity index (χ2v) is 6.73. The van der Waals surface area contributed by atoms with Gasteiger partial charge in [0.05, 0.1) is 18.3 Å². The fourth-order valence-corrected chi connectivity index (χ4v) is 3.92. The van der Waals surface area contributed by atoms with E-state index in [-0.39, 0.29) is 5.60 Å². The van der Waals surface area contributed by atoms with Gasteiger partial charge >= 0.3 is 0 Å². The van der Waals surface area contributed by atoms with Gasteiger partial charge in [-0.1, -0.05) is 0 Å². The first-order valence-electron chi connectivity index (χ1n) is 8.59.